The van der Waals surface area contributed by atoms with Crippen molar-refractivity contribution in [2.24, 2.45) is 5.73 Å². The Bertz CT molecular complexity index is 1090. The molecule has 3 aromatic rings. The monoisotopic (exact) mass is 423 g/mol. The van der Waals surface area contributed by atoms with Crippen molar-refractivity contribution in [3.05, 3.63) is 71.7 Å². The third-order valence-corrected chi connectivity index (χ3v) is 4.27. The molecule has 2 aromatic carbocycles. The zero-order valence-corrected chi connectivity index (χ0v) is 16.7. The molecular formula is C21H21N5O5. The SMILES string of the molecule is CCOC(=O)c1ccc(NC(=O)Nc2ccc(Cn3cnc(O)c3C(N)=O)cc2)cc1. The highest BCUT2D eigenvalue weighted by Gasteiger charge is 2.15. The number of hydrogen-bond donors (Lipinski definition) is 4. The maximum Gasteiger partial charge on any atom is 0.338 e. The van der Waals surface area contributed by atoms with Crippen LogP contribution >= 0.6 is 0 Å². The van der Waals surface area contributed by atoms with Gasteiger partial charge in [0.2, 0.25) is 5.88 Å². The first kappa shape index (κ1) is 21.4. The molecule has 0 saturated carbocycles. The lowest BCUT2D eigenvalue weighted by Gasteiger charge is -2.10. The zero-order valence-electron chi connectivity index (χ0n) is 16.7. The topological polar surface area (TPSA) is 149 Å². The first-order valence-corrected chi connectivity index (χ1v) is 9.35. The van der Waals surface area contributed by atoms with Crippen molar-refractivity contribution in [1.29, 1.82) is 0 Å². The van der Waals surface area contributed by atoms with Gasteiger partial charge in [-0.2, -0.15) is 0 Å². The molecule has 160 valence electrons. The van der Waals surface area contributed by atoms with Crippen LogP contribution in [0.3, 0.4) is 0 Å². The Morgan fingerprint density at radius 3 is 2.16 bits per heavy atom. The Hall–Kier alpha value is -4.34. The van der Waals surface area contributed by atoms with Gasteiger partial charge in [0, 0.05) is 17.9 Å². The lowest BCUT2D eigenvalue weighted by atomic mass is 10.2. The van der Waals surface area contributed by atoms with Crippen molar-refractivity contribution >= 4 is 29.3 Å². The Morgan fingerprint density at radius 2 is 1.61 bits per heavy atom. The van der Waals surface area contributed by atoms with Crippen LogP contribution in [0.25, 0.3) is 0 Å². The van der Waals surface area contributed by atoms with Crippen LogP contribution in [-0.2, 0) is 11.3 Å². The molecule has 1 aromatic heterocycles. The second-order valence-electron chi connectivity index (χ2n) is 6.48. The molecule has 0 aliphatic rings. The van der Waals surface area contributed by atoms with Gasteiger partial charge in [0.15, 0.2) is 5.69 Å². The van der Waals surface area contributed by atoms with Gasteiger partial charge in [-0.3, -0.25) is 4.79 Å². The van der Waals surface area contributed by atoms with Gasteiger partial charge in [0.05, 0.1) is 18.5 Å². The average molecular weight is 423 g/mol. The van der Waals surface area contributed by atoms with Crippen molar-refractivity contribution in [3.63, 3.8) is 0 Å². The number of carbonyl (C=O) groups is 3. The molecule has 10 heteroatoms. The van der Waals surface area contributed by atoms with Crippen LogP contribution in [0.4, 0.5) is 16.2 Å². The van der Waals surface area contributed by atoms with Crippen molar-refractivity contribution < 1.29 is 24.2 Å². The molecule has 0 aliphatic carbocycles. The molecule has 3 amide bonds. The van der Waals surface area contributed by atoms with Crippen LogP contribution in [0.1, 0.15) is 33.3 Å². The van der Waals surface area contributed by atoms with Crippen molar-refractivity contribution in [2.75, 3.05) is 17.2 Å². The first-order valence-electron chi connectivity index (χ1n) is 9.35. The van der Waals surface area contributed by atoms with E-state index in [0.717, 1.165) is 5.56 Å². The number of anilines is 2. The number of aromatic nitrogens is 2. The quantitative estimate of drug-likeness (QED) is 0.429. The van der Waals surface area contributed by atoms with Crippen molar-refractivity contribution in [2.45, 2.75) is 13.5 Å². The number of nitrogens with two attached hydrogens (primary N) is 1. The summed E-state index contributed by atoms with van der Waals surface area (Å²) >= 11 is 0. The predicted molar refractivity (Wildman–Crippen MR) is 113 cm³/mol. The second-order valence-corrected chi connectivity index (χ2v) is 6.48. The Labute approximate surface area is 177 Å². The van der Waals surface area contributed by atoms with E-state index in [4.69, 9.17) is 10.5 Å². The van der Waals surface area contributed by atoms with Gasteiger partial charge >= 0.3 is 12.0 Å². The molecule has 10 nitrogen and oxygen atoms in total. The molecule has 0 radical (unpaired) electrons. The number of nitrogens with zero attached hydrogens (tertiary/aromatic N) is 2. The van der Waals surface area contributed by atoms with E-state index in [0.29, 0.717) is 16.9 Å². The molecule has 0 atom stereocenters. The summed E-state index contributed by atoms with van der Waals surface area (Å²) in [6, 6.07) is 12.8. The lowest BCUT2D eigenvalue weighted by Crippen LogP contribution is -2.19. The number of urea groups is 1. The summed E-state index contributed by atoms with van der Waals surface area (Å²) in [5.74, 6) is -1.62. The summed E-state index contributed by atoms with van der Waals surface area (Å²) in [6.07, 6.45) is 1.32. The molecule has 0 bridgehead atoms. The Morgan fingerprint density at radius 1 is 1.03 bits per heavy atom. The van der Waals surface area contributed by atoms with Crippen LogP contribution in [-0.4, -0.2) is 39.2 Å². The minimum atomic E-state index is -0.778. The van der Waals surface area contributed by atoms with Gasteiger partial charge in [-0.1, -0.05) is 12.1 Å². The van der Waals surface area contributed by atoms with E-state index >= 15 is 0 Å². The Kier molecular flexibility index (Phi) is 6.51. The minimum absolute atomic E-state index is 0.0736. The molecular weight excluding hydrogens is 402 g/mol. The number of primary amides is 1. The molecule has 1 heterocycles. The number of rotatable bonds is 7. The number of nitrogens with one attached hydrogen (secondary N) is 2. The fourth-order valence-corrected chi connectivity index (χ4v) is 2.83. The number of carbonyl (C=O) groups excluding carboxylic acids is 3. The fraction of sp³-hybridized carbons (Fsp3) is 0.143. The standard InChI is InChI=1S/C21H21N5O5/c1-2-31-20(29)14-5-9-16(10-6-14)25-21(30)24-15-7-3-13(4-8-15)11-26-12-23-19(28)17(26)18(22)27/h3-10,12,28H,2,11H2,1H3,(H2,22,27)(H2,24,25,30). The van der Waals surface area contributed by atoms with Crippen molar-refractivity contribution in [3.8, 4) is 5.88 Å². The minimum Gasteiger partial charge on any atom is -0.492 e. The van der Waals surface area contributed by atoms with E-state index in [9.17, 15) is 19.5 Å². The maximum atomic E-state index is 12.2. The van der Waals surface area contributed by atoms with E-state index in [1.807, 2.05) is 0 Å². The molecule has 3 rings (SSSR count). The number of imidazole rings is 1. The number of benzene rings is 2. The first-order chi connectivity index (χ1) is 14.9. The van der Waals surface area contributed by atoms with Crippen LogP contribution in [0.2, 0.25) is 0 Å². The molecule has 0 aliphatic heterocycles. The summed E-state index contributed by atoms with van der Waals surface area (Å²) in [5, 5.41) is 15.0. The maximum absolute atomic E-state index is 12.2. The zero-order chi connectivity index (χ0) is 22.4. The van der Waals surface area contributed by atoms with Gasteiger partial charge in [-0.15, -0.1) is 0 Å². The summed E-state index contributed by atoms with van der Waals surface area (Å²) in [6.45, 7) is 2.29. The van der Waals surface area contributed by atoms with Gasteiger partial charge in [-0.25, -0.2) is 14.6 Å². The molecule has 0 unspecified atom stereocenters. The van der Waals surface area contributed by atoms with Crippen LogP contribution < -0.4 is 16.4 Å². The van der Waals surface area contributed by atoms with Gasteiger partial charge in [0.1, 0.15) is 0 Å². The molecule has 0 saturated heterocycles. The summed E-state index contributed by atoms with van der Waals surface area (Å²) in [5.41, 5.74) is 7.45. The third-order valence-electron chi connectivity index (χ3n) is 4.27. The van der Waals surface area contributed by atoms with Gasteiger partial charge in [-0.05, 0) is 48.9 Å². The van der Waals surface area contributed by atoms with Crippen LogP contribution in [0.5, 0.6) is 5.88 Å². The summed E-state index contributed by atoms with van der Waals surface area (Å²) < 4.78 is 6.35. The molecule has 31 heavy (non-hydrogen) atoms. The highest BCUT2D eigenvalue weighted by molar-refractivity contribution is 6.00. The van der Waals surface area contributed by atoms with Gasteiger partial charge in [0.25, 0.3) is 5.91 Å². The number of esters is 1. The van der Waals surface area contributed by atoms with E-state index in [2.05, 4.69) is 15.6 Å². The van der Waals surface area contributed by atoms with E-state index in [1.165, 1.54) is 10.9 Å². The second kappa shape index (κ2) is 9.44. The number of hydrogen-bond acceptors (Lipinski definition) is 6. The number of amides is 3. The van der Waals surface area contributed by atoms with Crippen LogP contribution in [0.15, 0.2) is 54.9 Å². The smallest absolute Gasteiger partial charge is 0.338 e. The normalized spacial score (nSPS) is 10.4. The third kappa shape index (κ3) is 5.38. The number of aromatic hydroxyl groups is 1. The number of ether oxygens (including phenoxy) is 1. The molecule has 0 spiro atoms. The summed E-state index contributed by atoms with van der Waals surface area (Å²) in [4.78, 5) is 39.0. The highest BCUT2D eigenvalue weighted by Crippen LogP contribution is 2.17. The van der Waals surface area contributed by atoms with Crippen molar-refractivity contribution in [1.82, 2.24) is 9.55 Å². The highest BCUT2D eigenvalue weighted by atomic mass is 16.5. The van der Waals surface area contributed by atoms with Crippen LogP contribution in [0, 0.1) is 0 Å². The summed E-state index contributed by atoms with van der Waals surface area (Å²) in [7, 11) is 0. The molecule has 0 fully saturated rings. The van der Waals surface area contributed by atoms with E-state index in [-0.39, 0.29) is 18.8 Å². The Balaban J connectivity index is 1.58. The fourth-order valence-electron chi connectivity index (χ4n) is 2.83. The van der Waals surface area contributed by atoms with Gasteiger partial charge < -0.3 is 30.8 Å². The molecule has 5 N–H and O–H groups in total. The largest absolute Gasteiger partial charge is 0.492 e. The van der Waals surface area contributed by atoms with E-state index in [1.54, 1.807) is 55.5 Å². The van der Waals surface area contributed by atoms with E-state index < -0.39 is 23.8 Å². The lowest BCUT2D eigenvalue weighted by molar-refractivity contribution is 0.0526. The predicted octanol–water partition coefficient (Wildman–Crippen LogP) is 2.56. The average Bonchev–Trinajstić information content (AvgIpc) is 3.10.